The van der Waals surface area contributed by atoms with Gasteiger partial charge in [0.2, 0.25) is 0 Å². The summed E-state index contributed by atoms with van der Waals surface area (Å²) in [4.78, 5) is 32.2. The molecular formula is C21H51N3O15P3-3. The Labute approximate surface area is 248 Å². The van der Waals surface area contributed by atoms with Gasteiger partial charge in [0, 0.05) is 0 Å². The van der Waals surface area contributed by atoms with Gasteiger partial charge in [-0.1, -0.05) is 38.5 Å². The average Bonchev–Trinajstić information content (AvgIpc) is 2.91. The minimum Gasteiger partial charge on any atom is -0.756 e. The van der Waals surface area contributed by atoms with Crippen LogP contribution in [0.2, 0.25) is 0 Å². The molecule has 0 aromatic rings. The summed E-state index contributed by atoms with van der Waals surface area (Å²) < 4.78 is 57.4. The predicted molar refractivity (Wildman–Crippen MR) is 148 cm³/mol. The quantitative estimate of drug-likeness (QED) is 0.0374. The highest BCUT2D eigenvalue weighted by Gasteiger charge is 2.08. The van der Waals surface area contributed by atoms with Crippen LogP contribution in [0.5, 0.6) is 0 Å². The second-order valence-corrected chi connectivity index (χ2v) is 12.5. The van der Waals surface area contributed by atoms with E-state index in [0.29, 0.717) is 38.9 Å². The number of phosphoric acid groups is 3. The molecular weight excluding hydrogens is 627 g/mol. The zero-order valence-corrected chi connectivity index (χ0v) is 26.8. The molecule has 0 aromatic carbocycles. The van der Waals surface area contributed by atoms with Crippen molar-refractivity contribution < 1.29 is 70.8 Å². The topological polar surface area (TPSA) is 315 Å². The van der Waals surface area contributed by atoms with Gasteiger partial charge in [0.1, 0.15) is 0 Å². The van der Waals surface area contributed by atoms with E-state index in [2.05, 4.69) is 27.1 Å². The lowest BCUT2D eigenvalue weighted by Crippen LogP contribution is -2.09. The van der Waals surface area contributed by atoms with Gasteiger partial charge in [0.25, 0.3) is 23.5 Å². The monoisotopic (exact) mass is 678 g/mol. The van der Waals surface area contributed by atoms with E-state index in [1.54, 1.807) is 0 Å². The number of unbranched alkanes of at least 4 members (excludes halogenated alkanes) is 9. The van der Waals surface area contributed by atoms with Gasteiger partial charge >= 0.3 is 0 Å². The van der Waals surface area contributed by atoms with Crippen LogP contribution in [0.4, 0.5) is 0 Å². The zero-order chi connectivity index (χ0) is 32.6. The van der Waals surface area contributed by atoms with E-state index in [-0.39, 0.29) is 19.8 Å². The molecule has 0 aliphatic heterocycles. The Hall–Kier alpha value is 0.0900. The Bertz CT molecular complexity index is 623. The summed E-state index contributed by atoms with van der Waals surface area (Å²) in [5.74, 6) is 0. The third kappa shape index (κ3) is 40.1. The number of hydrogen-bond donors (Lipinski definition) is 6. The van der Waals surface area contributed by atoms with Crippen LogP contribution in [0, 0.1) is 0 Å². The van der Waals surface area contributed by atoms with E-state index in [9.17, 15) is 28.4 Å². The van der Waals surface area contributed by atoms with Gasteiger partial charge in [-0.3, -0.25) is 27.3 Å². The summed E-state index contributed by atoms with van der Waals surface area (Å²) in [7, 11) is -12.8. The molecule has 21 heteroatoms. The van der Waals surface area contributed by atoms with Crippen molar-refractivity contribution >= 4 is 23.5 Å². The number of nitrogens with two attached hydrogens (primary N) is 3. The second-order valence-electron chi connectivity index (χ2n) is 8.22. The van der Waals surface area contributed by atoms with Gasteiger partial charge in [-0.2, -0.15) is 0 Å². The molecule has 0 fully saturated rings. The Kier molecular flexibility index (Phi) is 36.0. The van der Waals surface area contributed by atoms with Gasteiger partial charge in [-0.25, -0.2) is 0 Å². The summed E-state index contributed by atoms with van der Waals surface area (Å²) >= 11 is 0. The van der Waals surface area contributed by atoms with E-state index in [1.807, 2.05) is 0 Å². The normalized spacial score (nSPS) is 15.4. The second kappa shape index (κ2) is 32.5. The SMILES string of the molecule is NCCCCCCOP(=O)([O-])OCO.NCCCCCCOP(=O)([O-])OCO.NCCCCCCOP(=O)([O-])OCO. The smallest absolute Gasteiger partial charge is 0.269 e. The van der Waals surface area contributed by atoms with E-state index >= 15 is 0 Å². The molecule has 0 aliphatic carbocycles. The lowest BCUT2D eigenvalue weighted by Gasteiger charge is -2.20. The highest BCUT2D eigenvalue weighted by molar-refractivity contribution is 7.46. The number of aliphatic hydroxyl groups is 3. The molecule has 0 spiro atoms. The third-order valence-corrected chi connectivity index (χ3v) is 7.48. The number of hydrogen-bond acceptors (Lipinski definition) is 18. The van der Waals surface area contributed by atoms with E-state index < -0.39 is 43.8 Å². The van der Waals surface area contributed by atoms with Gasteiger partial charge in [-0.15, -0.1) is 0 Å². The molecule has 0 bridgehead atoms. The van der Waals surface area contributed by atoms with E-state index in [0.717, 1.165) is 57.8 Å². The van der Waals surface area contributed by atoms with Crippen LogP contribution in [0.25, 0.3) is 0 Å². The molecule has 0 aromatic heterocycles. The Morgan fingerprint density at radius 2 is 0.619 bits per heavy atom. The summed E-state index contributed by atoms with van der Waals surface area (Å²) in [6.07, 6.45) is 10.2. The molecule has 0 rings (SSSR count). The van der Waals surface area contributed by atoms with Crippen molar-refractivity contribution in [3.63, 3.8) is 0 Å². The third-order valence-electron chi connectivity index (χ3n) is 4.69. The van der Waals surface area contributed by atoms with Crippen LogP contribution in [-0.2, 0) is 40.8 Å². The largest absolute Gasteiger partial charge is 0.756 e. The van der Waals surface area contributed by atoms with Crippen molar-refractivity contribution in [1.82, 2.24) is 0 Å². The molecule has 0 saturated carbocycles. The fraction of sp³-hybridized carbons (Fsp3) is 1.00. The Morgan fingerprint density at radius 3 is 0.810 bits per heavy atom. The first-order chi connectivity index (χ1) is 19.9. The number of phosphoric ester groups is 3. The minimum atomic E-state index is -4.27. The van der Waals surface area contributed by atoms with E-state index in [1.165, 1.54) is 0 Å². The number of rotatable bonds is 27. The van der Waals surface area contributed by atoms with Gasteiger partial charge < -0.3 is 60.8 Å². The van der Waals surface area contributed by atoms with Crippen molar-refractivity contribution in [2.45, 2.75) is 77.0 Å². The first kappa shape index (κ1) is 46.5. The van der Waals surface area contributed by atoms with Crippen molar-refractivity contribution in [3.05, 3.63) is 0 Å². The summed E-state index contributed by atoms with van der Waals surface area (Å²) in [5.41, 5.74) is 15.8. The first-order valence-electron chi connectivity index (χ1n) is 13.6. The molecule has 9 N–H and O–H groups in total. The fourth-order valence-electron chi connectivity index (χ4n) is 2.65. The van der Waals surface area contributed by atoms with Crippen LogP contribution in [0.1, 0.15) is 77.0 Å². The van der Waals surface area contributed by atoms with Crippen molar-refractivity contribution in [2.75, 3.05) is 59.8 Å². The molecule has 0 saturated heterocycles. The minimum absolute atomic E-state index is 0.0886. The van der Waals surface area contributed by atoms with Crippen molar-refractivity contribution in [2.24, 2.45) is 17.2 Å². The molecule has 3 unspecified atom stereocenters. The highest BCUT2D eigenvalue weighted by Crippen LogP contribution is 2.39. The first-order valence-corrected chi connectivity index (χ1v) is 18.0. The van der Waals surface area contributed by atoms with Gasteiger partial charge in [0.05, 0.1) is 19.8 Å². The Morgan fingerprint density at radius 1 is 0.405 bits per heavy atom. The molecule has 42 heavy (non-hydrogen) atoms. The van der Waals surface area contributed by atoms with E-state index in [4.69, 9.17) is 32.5 Å². The van der Waals surface area contributed by atoms with Crippen LogP contribution < -0.4 is 31.9 Å². The van der Waals surface area contributed by atoms with Crippen LogP contribution in [-0.4, -0.2) is 75.2 Å². The maximum absolute atomic E-state index is 10.7. The molecule has 0 amide bonds. The number of aliphatic hydroxyl groups excluding tert-OH is 3. The summed E-state index contributed by atoms with van der Waals surface area (Å²) in [5, 5.41) is 24.6. The van der Waals surface area contributed by atoms with Crippen LogP contribution in [0.15, 0.2) is 0 Å². The highest BCUT2D eigenvalue weighted by atomic mass is 31.2. The summed E-state index contributed by atoms with van der Waals surface area (Å²) in [6.45, 7) is -0.435. The van der Waals surface area contributed by atoms with Gasteiger partial charge in [0.15, 0.2) is 20.4 Å². The van der Waals surface area contributed by atoms with Crippen molar-refractivity contribution in [1.29, 1.82) is 0 Å². The molecule has 18 nitrogen and oxygen atoms in total. The average molecular weight is 679 g/mol. The molecule has 0 radical (unpaired) electrons. The maximum Gasteiger partial charge on any atom is 0.269 e. The molecule has 0 heterocycles. The zero-order valence-electron chi connectivity index (χ0n) is 24.2. The maximum atomic E-state index is 10.7. The summed E-state index contributed by atoms with van der Waals surface area (Å²) in [6, 6.07) is 0. The lowest BCUT2D eigenvalue weighted by atomic mass is 10.2. The fourth-order valence-corrected chi connectivity index (χ4v) is 4.36. The Balaban J connectivity index is -0.000000543. The lowest BCUT2D eigenvalue weighted by molar-refractivity contribution is -0.232. The van der Waals surface area contributed by atoms with Crippen molar-refractivity contribution in [3.8, 4) is 0 Å². The molecule has 3 atom stereocenters. The van der Waals surface area contributed by atoms with Crippen LogP contribution in [0.3, 0.4) is 0 Å². The van der Waals surface area contributed by atoms with Gasteiger partial charge in [-0.05, 0) is 58.2 Å². The standard InChI is InChI=1S/3C7H18NO5P/c3*8-5-3-1-2-4-6-12-14(10,11)13-7-9/h3*9H,1-8H2,(H,10,11)/p-3. The predicted octanol–water partition coefficient (Wildman–Crippen LogP) is -0.129. The molecule has 0 aliphatic rings. The molecule has 258 valence electrons. The van der Waals surface area contributed by atoms with Crippen LogP contribution >= 0.6 is 23.5 Å².